The standard InChI is InChI=1S/C12H13NO5/c1-17-8-6-4-3-5-7(8)13-9(12(15)16)10(18-2)11(13)14/h3-6,9-10H,1-2H3,(H,15,16). The van der Waals surface area contributed by atoms with Crippen molar-refractivity contribution in [2.24, 2.45) is 0 Å². The number of carboxylic acids is 1. The van der Waals surface area contributed by atoms with Crippen molar-refractivity contribution in [3.8, 4) is 5.75 Å². The summed E-state index contributed by atoms with van der Waals surface area (Å²) in [5.41, 5.74) is 0.436. The van der Waals surface area contributed by atoms with Crippen molar-refractivity contribution in [2.45, 2.75) is 12.1 Å². The maximum atomic E-state index is 11.9. The van der Waals surface area contributed by atoms with Crippen molar-refractivity contribution >= 4 is 17.6 Å². The van der Waals surface area contributed by atoms with Crippen LogP contribution in [0.2, 0.25) is 0 Å². The quantitative estimate of drug-likeness (QED) is 0.789. The molecular formula is C12H13NO5. The van der Waals surface area contributed by atoms with Crippen LogP contribution >= 0.6 is 0 Å². The fraction of sp³-hybridized carbons (Fsp3) is 0.333. The summed E-state index contributed by atoms with van der Waals surface area (Å²) in [5.74, 6) is -1.03. The molecule has 2 unspecified atom stereocenters. The van der Waals surface area contributed by atoms with Crippen molar-refractivity contribution in [3.63, 3.8) is 0 Å². The van der Waals surface area contributed by atoms with Gasteiger partial charge in [0.25, 0.3) is 5.91 Å². The molecule has 0 saturated carbocycles. The van der Waals surface area contributed by atoms with Gasteiger partial charge >= 0.3 is 5.97 Å². The molecule has 1 heterocycles. The third-order valence-corrected chi connectivity index (χ3v) is 2.90. The Morgan fingerprint density at radius 1 is 1.33 bits per heavy atom. The van der Waals surface area contributed by atoms with Gasteiger partial charge in [0.1, 0.15) is 5.75 Å². The Hall–Kier alpha value is -2.08. The van der Waals surface area contributed by atoms with Gasteiger partial charge in [-0.1, -0.05) is 12.1 Å². The van der Waals surface area contributed by atoms with Crippen LogP contribution in [0.4, 0.5) is 5.69 Å². The molecule has 0 spiro atoms. The second-order valence-electron chi connectivity index (χ2n) is 3.82. The van der Waals surface area contributed by atoms with Crippen molar-refractivity contribution in [3.05, 3.63) is 24.3 Å². The van der Waals surface area contributed by atoms with Crippen molar-refractivity contribution < 1.29 is 24.2 Å². The number of para-hydroxylation sites is 2. The molecule has 1 fully saturated rings. The number of β-lactam (4-membered cyclic amide) rings is 1. The number of benzene rings is 1. The molecule has 2 rings (SSSR count). The van der Waals surface area contributed by atoms with Crippen LogP contribution < -0.4 is 9.64 Å². The fourth-order valence-corrected chi connectivity index (χ4v) is 2.03. The highest BCUT2D eigenvalue weighted by atomic mass is 16.5. The van der Waals surface area contributed by atoms with E-state index in [0.29, 0.717) is 11.4 Å². The lowest BCUT2D eigenvalue weighted by molar-refractivity contribution is -0.155. The molecule has 6 nitrogen and oxygen atoms in total. The van der Waals surface area contributed by atoms with E-state index in [1.54, 1.807) is 24.3 Å². The summed E-state index contributed by atoms with van der Waals surface area (Å²) in [6, 6.07) is 5.75. The summed E-state index contributed by atoms with van der Waals surface area (Å²) >= 11 is 0. The van der Waals surface area contributed by atoms with Gasteiger partial charge in [0.05, 0.1) is 12.8 Å². The summed E-state index contributed by atoms with van der Waals surface area (Å²) in [7, 11) is 2.78. The van der Waals surface area contributed by atoms with Crippen LogP contribution in [0.25, 0.3) is 0 Å². The smallest absolute Gasteiger partial charge is 0.330 e. The number of aliphatic carboxylic acids is 1. The zero-order chi connectivity index (χ0) is 13.3. The molecule has 0 aliphatic carbocycles. The van der Waals surface area contributed by atoms with Gasteiger partial charge in [0.15, 0.2) is 12.1 Å². The first kappa shape index (κ1) is 12.4. The number of nitrogens with zero attached hydrogens (tertiary/aromatic N) is 1. The van der Waals surface area contributed by atoms with Crippen LogP contribution in [0.15, 0.2) is 24.3 Å². The second kappa shape index (κ2) is 4.66. The summed E-state index contributed by atoms with van der Waals surface area (Å²) in [5, 5.41) is 9.13. The summed E-state index contributed by atoms with van der Waals surface area (Å²) in [6.45, 7) is 0. The first-order chi connectivity index (χ1) is 8.61. The van der Waals surface area contributed by atoms with Crippen LogP contribution in [0.1, 0.15) is 0 Å². The Balaban J connectivity index is 2.38. The normalized spacial score (nSPS) is 22.6. The Morgan fingerprint density at radius 3 is 2.56 bits per heavy atom. The van der Waals surface area contributed by atoms with Gasteiger partial charge < -0.3 is 14.6 Å². The highest BCUT2D eigenvalue weighted by Gasteiger charge is 2.53. The lowest BCUT2D eigenvalue weighted by Crippen LogP contribution is -2.69. The van der Waals surface area contributed by atoms with E-state index in [2.05, 4.69) is 0 Å². The molecule has 1 saturated heterocycles. The number of hydrogen-bond donors (Lipinski definition) is 1. The van der Waals surface area contributed by atoms with Gasteiger partial charge in [-0.15, -0.1) is 0 Å². The number of carboxylic acid groups (broad SMARTS) is 1. The minimum atomic E-state index is -1.10. The molecule has 0 bridgehead atoms. The lowest BCUT2D eigenvalue weighted by atomic mass is 9.96. The molecule has 1 aromatic rings. The largest absolute Gasteiger partial charge is 0.495 e. The SMILES string of the molecule is COc1ccccc1N1C(=O)C(OC)C1C(=O)O. The number of carbonyl (C=O) groups is 2. The Morgan fingerprint density at radius 2 is 2.00 bits per heavy atom. The topological polar surface area (TPSA) is 76.1 Å². The molecule has 1 aliphatic heterocycles. The number of amides is 1. The van der Waals surface area contributed by atoms with E-state index in [4.69, 9.17) is 14.6 Å². The van der Waals surface area contributed by atoms with Crippen LogP contribution in [-0.2, 0) is 14.3 Å². The lowest BCUT2D eigenvalue weighted by Gasteiger charge is -2.43. The van der Waals surface area contributed by atoms with E-state index in [1.807, 2.05) is 0 Å². The number of ether oxygens (including phenoxy) is 2. The third-order valence-electron chi connectivity index (χ3n) is 2.90. The van der Waals surface area contributed by atoms with E-state index in [-0.39, 0.29) is 5.91 Å². The van der Waals surface area contributed by atoms with E-state index >= 15 is 0 Å². The predicted molar refractivity (Wildman–Crippen MR) is 62.7 cm³/mol. The van der Waals surface area contributed by atoms with Gasteiger partial charge in [-0.3, -0.25) is 9.69 Å². The van der Waals surface area contributed by atoms with Crippen molar-refractivity contribution in [1.29, 1.82) is 0 Å². The van der Waals surface area contributed by atoms with Gasteiger partial charge in [0, 0.05) is 7.11 Å². The predicted octanol–water partition coefficient (Wildman–Crippen LogP) is 0.510. The molecule has 1 aromatic carbocycles. The van der Waals surface area contributed by atoms with Gasteiger partial charge in [-0.2, -0.15) is 0 Å². The molecule has 96 valence electrons. The van der Waals surface area contributed by atoms with Gasteiger partial charge in [-0.05, 0) is 12.1 Å². The first-order valence-electron chi connectivity index (χ1n) is 5.33. The third kappa shape index (κ3) is 1.70. The molecule has 18 heavy (non-hydrogen) atoms. The van der Waals surface area contributed by atoms with Crippen molar-refractivity contribution in [1.82, 2.24) is 0 Å². The summed E-state index contributed by atoms with van der Waals surface area (Å²) < 4.78 is 10.0. The number of methoxy groups -OCH3 is 2. The van der Waals surface area contributed by atoms with Gasteiger partial charge in [0.2, 0.25) is 0 Å². The molecule has 0 aromatic heterocycles. The van der Waals surface area contributed by atoms with Gasteiger partial charge in [-0.25, -0.2) is 4.79 Å². The minimum absolute atomic E-state index is 0.380. The average Bonchev–Trinajstić information content (AvgIpc) is 2.36. The molecule has 1 aliphatic rings. The van der Waals surface area contributed by atoms with Crippen LogP contribution in [0.5, 0.6) is 5.75 Å². The zero-order valence-electron chi connectivity index (χ0n) is 9.99. The first-order valence-corrected chi connectivity index (χ1v) is 5.33. The second-order valence-corrected chi connectivity index (χ2v) is 3.82. The molecule has 6 heteroatoms. The Bertz CT molecular complexity index is 487. The number of anilines is 1. The van der Waals surface area contributed by atoms with Crippen LogP contribution in [-0.4, -0.2) is 43.3 Å². The monoisotopic (exact) mass is 251 g/mol. The molecule has 1 amide bonds. The van der Waals surface area contributed by atoms with E-state index < -0.39 is 18.1 Å². The molecule has 1 N–H and O–H groups in total. The summed E-state index contributed by atoms with van der Waals surface area (Å²) in [4.78, 5) is 24.2. The fourth-order valence-electron chi connectivity index (χ4n) is 2.03. The molecule has 2 atom stereocenters. The van der Waals surface area contributed by atoms with Crippen molar-refractivity contribution in [2.75, 3.05) is 19.1 Å². The molecular weight excluding hydrogens is 238 g/mol. The van der Waals surface area contributed by atoms with E-state index in [1.165, 1.54) is 19.1 Å². The maximum absolute atomic E-state index is 11.9. The van der Waals surface area contributed by atoms with Crippen LogP contribution in [0.3, 0.4) is 0 Å². The van der Waals surface area contributed by atoms with E-state index in [9.17, 15) is 9.59 Å². The number of hydrogen-bond acceptors (Lipinski definition) is 4. The highest BCUT2D eigenvalue weighted by Crippen LogP contribution is 2.36. The minimum Gasteiger partial charge on any atom is -0.495 e. The Labute approximate surface area is 104 Å². The zero-order valence-corrected chi connectivity index (χ0v) is 9.99. The highest BCUT2D eigenvalue weighted by molar-refractivity contribution is 6.12. The maximum Gasteiger partial charge on any atom is 0.330 e. The Kier molecular flexibility index (Phi) is 3.20. The molecule has 0 radical (unpaired) electrons. The number of carbonyl (C=O) groups excluding carboxylic acids is 1. The number of rotatable bonds is 4. The summed E-state index contributed by atoms with van der Waals surface area (Å²) in [6.07, 6.45) is -0.938. The average molecular weight is 251 g/mol. The van der Waals surface area contributed by atoms with E-state index in [0.717, 1.165) is 0 Å². The van der Waals surface area contributed by atoms with Crippen LogP contribution in [0, 0.1) is 0 Å².